The summed E-state index contributed by atoms with van der Waals surface area (Å²) in [5.41, 5.74) is 1.89. The summed E-state index contributed by atoms with van der Waals surface area (Å²) in [4.78, 5) is 26.1. The summed E-state index contributed by atoms with van der Waals surface area (Å²) in [5.74, 6) is 2.79. The summed E-state index contributed by atoms with van der Waals surface area (Å²) in [6.45, 7) is 7.88. The van der Waals surface area contributed by atoms with Crippen molar-refractivity contribution in [3.8, 4) is 11.6 Å². The van der Waals surface area contributed by atoms with Crippen LogP contribution in [0.15, 0.2) is 30.3 Å². The van der Waals surface area contributed by atoms with Gasteiger partial charge in [-0.05, 0) is 37.8 Å². The van der Waals surface area contributed by atoms with Crippen molar-refractivity contribution >= 4 is 12.0 Å². The number of nitrogens with one attached hydrogen (secondary N) is 1. The number of rotatable bonds is 4. The lowest BCUT2D eigenvalue weighted by molar-refractivity contribution is 0.191. The minimum atomic E-state index is -0.0575. The Hall–Kier alpha value is -2.83. The number of piperidine rings is 1. The number of amides is 2. The van der Waals surface area contributed by atoms with Crippen molar-refractivity contribution in [1.29, 1.82) is 0 Å². The van der Waals surface area contributed by atoms with E-state index >= 15 is 0 Å². The number of anilines is 1. The third-order valence-corrected chi connectivity index (χ3v) is 5.65. The smallest absolute Gasteiger partial charge is 0.317 e. The van der Waals surface area contributed by atoms with Crippen LogP contribution in [0.4, 0.5) is 10.7 Å². The van der Waals surface area contributed by atoms with Gasteiger partial charge < -0.3 is 19.9 Å². The molecule has 0 spiro atoms. The molecular formula is C22H29N5O2. The van der Waals surface area contributed by atoms with Gasteiger partial charge in [0.1, 0.15) is 5.75 Å². The van der Waals surface area contributed by atoms with E-state index in [9.17, 15) is 4.79 Å². The molecule has 0 unspecified atom stereocenters. The Morgan fingerprint density at radius 2 is 1.93 bits per heavy atom. The van der Waals surface area contributed by atoms with Crippen LogP contribution in [0.2, 0.25) is 0 Å². The number of nitrogens with zero attached hydrogens (tertiary/aromatic N) is 4. The minimum absolute atomic E-state index is 0.0575. The number of para-hydroxylation sites is 1. The van der Waals surface area contributed by atoms with Gasteiger partial charge in [-0.2, -0.15) is 4.98 Å². The van der Waals surface area contributed by atoms with E-state index in [2.05, 4.69) is 17.1 Å². The summed E-state index contributed by atoms with van der Waals surface area (Å²) in [6, 6.07) is 9.62. The minimum Gasteiger partial charge on any atom is -0.438 e. The first kappa shape index (κ1) is 19.5. The number of benzene rings is 1. The van der Waals surface area contributed by atoms with Gasteiger partial charge in [0.05, 0.1) is 17.8 Å². The van der Waals surface area contributed by atoms with Crippen molar-refractivity contribution in [2.45, 2.75) is 39.7 Å². The second-order valence-electron chi connectivity index (χ2n) is 7.85. The number of ether oxygens (including phenoxy) is 1. The highest BCUT2D eigenvalue weighted by Crippen LogP contribution is 2.32. The lowest BCUT2D eigenvalue weighted by atomic mass is 9.99. The predicted octanol–water partition coefficient (Wildman–Crippen LogP) is 3.59. The standard InChI is InChI=1S/C22H29N5O2/c1-3-23-22(28)27-14-11-19-18(15-27)20(29-17-7-5-4-6-8-17)25-21(24-19)26-12-9-16(2)10-13-26/h4-8,16H,3,9-15H2,1-2H3,(H,23,28). The maximum atomic E-state index is 12.3. The normalized spacial score (nSPS) is 17.0. The van der Waals surface area contributed by atoms with Crippen LogP contribution in [-0.2, 0) is 13.0 Å². The van der Waals surface area contributed by atoms with Crippen LogP contribution in [-0.4, -0.2) is 47.1 Å². The van der Waals surface area contributed by atoms with Gasteiger partial charge in [-0.3, -0.25) is 0 Å². The number of fused-ring (bicyclic) bond motifs is 1. The lowest BCUT2D eigenvalue weighted by Crippen LogP contribution is -2.43. The number of hydrogen-bond acceptors (Lipinski definition) is 5. The molecular weight excluding hydrogens is 366 g/mol. The molecule has 1 saturated heterocycles. The summed E-state index contributed by atoms with van der Waals surface area (Å²) in [6.07, 6.45) is 3.01. The first-order valence-electron chi connectivity index (χ1n) is 10.5. The van der Waals surface area contributed by atoms with E-state index in [4.69, 9.17) is 14.7 Å². The number of urea groups is 1. The molecule has 29 heavy (non-hydrogen) atoms. The maximum absolute atomic E-state index is 12.3. The van der Waals surface area contributed by atoms with E-state index in [-0.39, 0.29) is 6.03 Å². The molecule has 2 amide bonds. The summed E-state index contributed by atoms with van der Waals surface area (Å²) in [7, 11) is 0. The zero-order chi connectivity index (χ0) is 20.2. The van der Waals surface area contributed by atoms with E-state index in [0.29, 0.717) is 31.9 Å². The SMILES string of the molecule is CCNC(=O)N1CCc2nc(N3CCC(C)CC3)nc(Oc3ccccc3)c2C1. The number of carbonyl (C=O) groups excluding carboxylic acids is 1. The first-order valence-corrected chi connectivity index (χ1v) is 10.5. The van der Waals surface area contributed by atoms with Gasteiger partial charge in [-0.1, -0.05) is 25.1 Å². The Labute approximate surface area is 172 Å². The molecule has 154 valence electrons. The van der Waals surface area contributed by atoms with Gasteiger partial charge in [-0.25, -0.2) is 9.78 Å². The summed E-state index contributed by atoms with van der Waals surface area (Å²) in [5, 5.41) is 2.88. The molecule has 3 heterocycles. The van der Waals surface area contributed by atoms with E-state index in [1.54, 1.807) is 4.90 Å². The zero-order valence-corrected chi connectivity index (χ0v) is 17.2. The van der Waals surface area contributed by atoms with Crippen molar-refractivity contribution in [2.24, 2.45) is 5.92 Å². The fourth-order valence-electron chi connectivity index (χ4n) is 3.84. The third-order valence-electron chi connectivity index (χ3n) is 5.65. The van der Waals surface area contributed by atoms with Crippen LogP contribution in [0.3, 0.4) is 0 Å². The highest BCUT2D eigenvalue weighted by atomic mass is 16.5. The van der Waals surface area contributed by atoms with Crippen molar-refractivity contribution in [1.82, 2.24) is 20.2 Å². The highest BCUT2D eigenvalue weighted by Gasteiger charge is 2.28. The molecule has 7 heteroatoms. The topological polar surface area (TPSA) is 70.6 Å². The molecule has 0 radical (unpaired) electrons. The molecule has 2 aromatic rings. The zero-order valence-electron chi connectivity index (χ0n) is 17.2. The Morgan fingerprint density at radius 1 is 1.17 bits per heavy atom. The molecule has 0 bridgehead atoms. The van der Waals surface area contributed by atoms with Crippen LogP contribution < -0.4 is 15.0 Å². The van der Waals surface area contributed by atoms with Gasteiger partial charge in [0.25, 0.3) is 0 Å². The lowest BCUT2D eigenvalue weighted by Gasteiger charge is -2.33. The van der Waals surface area contributed by atoms with Crippen LogP contribution in [0.1, 0.15) is 37.9 Å². The van der Waals surface area contributed by atoms with E-state index in [0.717, 1.165) is 54.8 Å². The van der Waals surface area contributed by atoms with Gasteiger partial charge in [0.15, 0.2) is 0 Å². The second kappa shape index (κ2) is 8.68. The van der Waals surface area contributed by atoms with E-state index in [1.165, 1.54) is 0 Å². The number of hydrogen-bond donors (Lipinski definition) is 1. The number of carbonyl (C=O) groups is 1. The Morgan fingerprint density at radius 3 is 2.66 bits per heavy atom. The second-order valence-corrected chi connectivity index (χ2v) is 7.85. The molecule has 0 atom stereocenters. The molecule has 2 aliphatic heterocycles. The average molecular weight is 396 g/mol. The van der Waals surface area contributed by atoms with E-state index < -0.39 is 0 Å². The highest BCUT2D eigenvalue weighted by molar-refractivity contribution is 5.74. The van der Waals surface area contributed by atoms with Gasteiger partial charge in [0.2, 0.25) is 11.8 Å². The summed E-state index contributed by atoms with van der Waals surface area (Å²) >= 11 is 0. The first-order chi connectivity index (χ1) is 14.1. The van der Waals surface area contributed by atoms with Gasteiger partial charge >= 0.3 is 6.03 Å². The molecule has 0 aliphatic carbocycles. The Bertz CT molecular complexity index is 850. The third kappa shape index (κ3) is 4.44. The van der Waals surface area contributed by atoms with Crippen LogP contribution >= 0.6 is 0 Å². The van der Waals surface area contributed by atoms with E-state index in [1.807, 2.05) is 37.3 Å². The molecule has 2 aliphatic rings. The average Bonchev–Trinajstić information content (AvgIpc) is 2.75. The molecule has 7 nitrogen and oxygen atoms in total. The predicted molar refractivity (Wildman–Crippen MR) is 112 cm³/mol. The van der Waals surface area contributed by atoms with Crippen LogP contribution in [0, 0.1) is 5.92 Å². The fourth-order valence-corrected chi connectivity index (χ4v) is 3.84. The maximum Gasteiger partial charge on any atom is 0.317 e. The molecule has 1 aromatic carbocycles. The largest absolute Gasteiger partial charge is 0.438 e. The quantitative estimate of drug-likeness (QED) is 0.857. The van der Waals surface area contributed by atoms with Crippen molar-refractivity contribution in [2.75, 3.05) is 31.1 Å². The van der Waals surface area contributed by atoms with Crippen molar-refractivity contribution in [3.63, 3.8) is 0 Å². The Balaban J connectivity index is 1.66. The monoisotopic (exact) mass is 395 g/mol. The van der Waals surface area contributed by atoms with Crippen LogP contribution in [0.25, 0.3) is 0 Å². The van der Waals surface area contributed by atoms with Crippen molar-refractivity contribution < 1.29 is 9.53 Å². The molecule has 1 fully saturated rings. The molecule has 1 aromatic heterocycles. The molecule has 4 rings (SSSR count). The van der Waals surface area contributed by atoms with Gasteiger partial charge in [-0.15, -0.1) is 0 Å². The van der Waals surface area contributed by atoms with Crippen molar-refractivity contribution in [3.05, 3.63) is 41.6 Å². The summed E-state index contributed by atoms with van der Waals surface area (Å²) < 4.78 is 6.18. The number of aromatic nitrogens is 2. The molecule has 0 saturated carbocycles. The van der Waals surface area contributed by atoms with Crippen LogP contribution in [0.5, 0.6) is 11.6 Å². The molecule has 1 N–H and O–H groups in total. The fraction of sp³-hybridized carbons (Fsp3) is 0.500. The Kier molecular flexibility index (Phi) is 5.83. The van der Waals surface area contributed by atoms with Gasteiger partial charge in [0, 0.05) is 32.6 Å².